The molecule has 0 spiro atoms. The normalized spacial score (nSPS) is 10.3. The number of benzene rings is 1. The van der Waals surface area contributed by atoms with Crippen molar-refractivity contribution in [3.8, 4) is 5.75 Å². The minimum atomic E-state index is 0.442. The predicted molar refractivity (Wildman–Crippen MR) is 64.5 cm³/mol. The Hall–Kier alpha value is -1.11. The molecule has 0 N–H and O–H groups in total. The maximum absolute atomic E-state index is 5.56. The van der Waals surface area contributed by atoms with Crippen LogP contribution in [0.1, 0.15) is 5.82 Å². The molecule has 0 aliphatic heterocycles. The lowest BCUT2D eigenvalue weighted by atomic mass is 10.3. The van der Waals surface area contributed by atoms with E-state index in [4.69, 9.17) is 4.74 Å². The molecule has 1 aromatic heterocycles. The second kappa shape index (κ2) is 4.61. The molecule has 5 heteroatoms. The standard InChI is InChI=1S/C10H10IN3O/c1-14-10(12-7-13-14)6-15-9-4-2-8(11)3-5-9/h2-5,7H,6H2,1H3. The van der Waals surface area contributed by atoms with Crippen molar-refractivity contribution >= 4 is 22.6 Å². The van der Waals surface area contributed by atoms with Crippen molar-refractivity contribution in [3.63, 3.8) is 0 Å². The van der Waals surface area contributed by atoms with Crippen LogP contribution in [0.4, 0.5) is 0 Å². The number of ether oxygens (including phenoxy) is 1. The van der Waals surface area contributed by atoms with E-state index in [1.54, 1.807) is 4.68 Å². The van der Waals surface area contributed by atoms with Crippen LogP contribution in [0.2, 0.25) is 0 Å². The molecule has 1 aromatic carbocycles. The summed E-state index contributed by atoms with van der Waals surface area (Å²) in [4.78, 5) is 4.07. The van der Waals surface area contributed by atoms with E-state index in [1.807, 2.05) is 31.3 Å². The average molecular weight is 315 g/mol. The molecule has 2 aromatic rings. The Kier molecular flexibility index (Phi) is 3.20. The van der Waals surface area contributed by atoms with E-state index in [0.717, 1.165) is 11.6 Å². The Morgan fingerprint density at radius 2 is 2.07 bits per heavy atom. The zero-order valence-corrected chi connectivity index (χ0v) is 10.4. The third-order valence-corrected chi connectivity index (χ3v) is 2.71. The molecule has 0 aliphatic rings. The van der Waals surface area contributed by atoms with Crippen molar-refractivity contribution in [1.29, 1.82) is 0 Å². The van der Waals surface area contributed by atoms with Crippen LogP contribution in [0, 0.1) is 3.57 Å². The molecular formula is C10H10IN3O. The van der Waals surface area contributed by atoms with E-state index >= 15 is 0 Å². The van der Waals surface area contributed by atoms with Gasteiger partial charge in [-0.1, -0.05) is 0 Å². The number of aromatic nitrogens is 3. The molecule has 0 aliphatic carbocycles. The van der Waals surface area contributed by atoms with Gasteiger partial charge in [-0.2, -0.15) is 5.10 Å². The second-order valence-corrected chi connectivity index (χ2v) is 4.29. The van der Waals surface area contributed by atoms with E-state index in [0.29, 0.717) is 6.61 Å². The molecule has 1 heterocycles. The zero-order chi connectivity index (χ0) is 10.7. The summed E-state index contributed by atoms with van der Waals surface area (Å²) in [6, 6.07) is 7.90. The van der Waals surface area contributed by atoms with Gasteiger partial charge in [0, 0.05) is 10.6 Å². The predicted octanol–water partition coefficient (Wildman–Crippen LogP) is 2.00. The molecule has 0 fully saturated rings. The van der Waals surface area contributed by atoms with Crippen LogP contribution in [0.5, 0.6) is 5.75 Å². The Labute approximate surface area is 101 Å². The maximum atomic E-state index is 5.56. The highest BCUT2D eigenvalue weighted by Gasteiger charge is 2.01. The summed E-state index contributed by atoms with van der Waals surface area (Å²) in [7, 11) is 1.85. The first kappa shape index (κ1) is 10.4. The van der Waals surface area contributed by atoms with Crippen molar-refractivity contribution in [1.82, 2.24) is 14.8 Å². The van der Waals surface area contributed by atoms with Gasteiger partial charge in [-0.25, -0.2) is 4.98 Å². The van der Waals surface area contributed by atoms with Crippen LogP contribution in [0.3, 0.4) is 0 Å². The molecule has 0 unspecified atom stereocenters. The molecule has 2 rings (SSSR count). The lowest BCUT2D eigenvalue weighted by Gasteiger charge is -2.04. The fraction of sp³-hybridized carbons (Fsp3) is 0.200. The quantitative estimate of drug-likeness (QED) is 0.814. The van der Waals surface area contributed by atoms with E-state index < -0.39 is 0 Å². The van der Waals surface area contributed by atoms with Crippen LogP contribution < -0.4 is 4.74 Å². The molecule has 0 radical (unpaired) electrons. The highest BCUT2D eigenvalue weighted by molar-refractivity contribution is 14.1. The van der Waals surface area contributed by atoms with Crippen LogP contribution >= 0.6 is 22.6 Å². The molecule has 0 bridgehead atoms. The lowest BCUT2D eigenvalue weighted by Crippen LogP contribution is -2.04. The molecule has 78 valence electrons. The molecule has 0 saturated carbocycles. The van der Waals surface area contributed by atoms with Crippen LogP contribution in [-0.4, -0.2) is 14.8 Å². The van der Waals surface area contributed by atoms with Gasteiger partial charge < -0.3 is 4.74 Å². The topological polar surface area (TPSA) is 39.9 Å². The van der Waals surface area contributed by atoms with Crippen molar-refractivity contribution in [3.05, 3.63) is 40.0 Å². The Bertz CT molecular complexity index is 438. The van der Waals surface area contributed by atoms with Gasteiger partial charge in [0.1, 0.15) is 18.7 Å². The molecule has 0 atom stereocenters. The van der Waals surface area contributed by atoms with E-state index in [2.05, 4.69) is 32.7 Å². The monoisotopic (exact) mass is 315 g/mol. The summed E-state index contributed by atoms with van der Waals surface area (Å²) >= 11 is 2.26. The van der Waals surface area contributed by atoms with E-state index in [9.17, 15) is 0 Å². The second-order valence-electron chi connectivity index (χ2n) is 3.04. The van der Waals surface area contributed by atoms with Gasteiger partial charge in [-0.15, -0.1) is 0 Å². The first-order valence-electron chi connectivity index (χ1n) is 4.47. The first-order valence-corrected chi connectivity index (χ1v) is 5.55. The van der Waals surface area contributed by atoms with E-state index in [-0.39, 0.29) is 0 Å². The summed E-state index contributed by atoms with van der Waals surface area (Å²) in [5.74, 6) is 1.66. The number of hydrogen-bond donors (Lipinski definition) is 0. The summed E-state index contributed by atoms with van der Waals surface area (Å²) in [6.45, 7) is 0.442. The van der Waals surface area contributed by atoms with Gasteiger partial charge in [0.15, 0.2) is 5.82 Å². The van der Waals surface area contributed by atoms with Gasteiger partial charge in [-0.3, -0.25) is 4.68 Å². The number of rotatable bonds is 3. The SMILES string of the molecule is Cn1ncnc1COc1ccc(I)cc1. The van der Waals surface area contributed by atoms with Gasteiger partial charge in [0.25, 0.3) is 0 Å². The summed E-state index contributed by atoms with van der Waals surface area (Å²) < 4.78 is 8.45. The summed E-state index contributed by atoms with van der Waals surface area (Å²) in [6.07, 6.45) is 1.52. The average Bonchev–Trinajstić information content (AvgIpc) is 2.63. The van der Waals surface area contributed by atoms with Crippen molar-refractivity contribution in [2.75, 3.05) is 0 Å². The number of halogens is 1. The van der Waals surface area contributed by atoms with Crippen molar-refractivity contribution in [2.45, 2.75) is 6.61 Å². The maximum Gasteiger partial charge on any atom is 0.164 e. The molecule has 4 nitrogen and oxygen atoms in total. The molecule has 0 amide bonds. The fourth-order valence-electron chi connectivity index (χ4n) is 1.13. The third kappa shape index (κ3) is 2.68. The van der Waals surface area contributed by atoms with Crippen molar-refractivity contribution in [2.24, 2.45) is 7.05 Å². The highest BCUT2D eigenvalue weighted by atomic mass is 127. The first-order chi connectivity index (χ1) is 7.25. The van der Waals surface area contributed by atoms with Gasteiger partial charge >= 0.3 is 0 Å². The Morgan fingerprint density at radius 1 is 1.33 bits per heavy atom. The number of nitrogens with zero attached hydrogens (tertiary/aromatic N) is 3. The lowest BCUT2D eigenvalue weighted by molar-refractivity contribution is 0.289. The van der Waals surface area contributed by atoms with Gasteiger partial charge in [0.2, 0.25) is 0 Å². The number of hydrogen-bond acceptors (Lipinski definition) is 3. The number of aryl methyl sites for hydroxylation is 1. The Morgan fingerprint density at radius 3 is 2.67 bits per heavy atom. The minimum absolute atomic E-state index is 0.442. The highest BCUT2D eigenvalue weighted by Crippen LogP contribution is 2.14. The van der Waals surface area contributed by atoms with E-state index in [1.165, 1.54) is 9.90 Å². The summed E-state index contributed by atoms with van der Waals surface area (Å²) in [5, 5.41) is 3.97. The van der Waals surface area contributed by atoms with Gasteiger partial charge in [-0.05, 0) is 46.9 Å². The summed E-state index contributed by atoms with van der Waals surface area (Å²) in [5.41, 5.74) is 0. The third-order valence-electron chi connectivity index (χ3n) is 1.99. The largest absolute Gasteiger partial charge is 0.486 e. The smallest absolute Gasteiger partial charge is 0.164 e. The molecule has 0 saturated heterocycles. The fourth-order valence-corrected chi connectivity index (χ4v) is 1.49. The molecule has 15 heavy (non-hydrogen) atoms. The minimum Gasteiger partial charge on any atom is -0.486 e. The Balaban J connectivity index is 1.99. The molecular weight excluding hydrogens is 305 g/mol. The van der Waals surface area contributed by atoms with Crippen LogP contribution in [0.25, 0.3) is 0 Å². The van der Waals surface area contributed by atoms with Gasteiger partial charge in [0.05, 0.1) is 0 Å². The van der Waals surface area contributed by atoms with Crippen LogP contribution in [0.15, 0.2) is 30.6 Å². The van der Waals surface area contributed by atoms with Crippen molar-refractivity contribution < 1.29 is 4.74 Å². The zero-order valence-electron chi connectivity index (χ0n) is 8.22. The van der Waals surface area contributed by atoms with Crippen LogP contribution in [-0.2, 0) is 13.7 Å².